The first-order valence-corrected chi connectivity index (χ1v) is 7.24. The summed E-state index contributed by atoms with van der Waals surface area (Å²) in [5.41, 5.74) is 0.676. The van der Waals surface area contributed by atoms with Crippen LogP contribution in [-0.4, -0.2) is 17.4 Å². The molecule has 0 bridgehead atoms. The van der Waals surface area contributed by atoms with Gasteiger partial charge in [0, 0.05) is 11.4 Å². The molecule has 7 heteroatoms. The summed E-state index contributed by atoms with van der Waals surface area (Å²) in [4.78, 5) is 4.44. The molecule has 0 amide bonds. The Morgan fingerprint density at radius 2 is 2.04 bits per heavy atom. The molecule has 0 saturated heterocycles. The van der Waals surface area contributed by atoms with Gasteiger partial charge in [-0.25, -0.2) is 4.98 Å². The number of para-hydroxylation sites is 1. The number of rotatable bonds is 3. The maximum Gasteiger partial charge on any atom is 0.573 e. The van der Waals surface area contributed by atoms with Gasteiger partial charge in [-0.2, -0.15) is 0 Å². The van der Waals surface area contributed by atoms with Crippen LogP contribution in [0.15, 0.2) is 54.3 Å². The lowest BCUT2D eigenvalue weighted by Gasteiger charge is -2.19. The summed E-state index contributed by atoms with van der Waals surface area (Å²) < 4.78 is 40.3. The fraction of sp³-hybridized carbons (Fsp3) is 0.188. The number of benzene rings is 1. The van der Waals surface area contributed by atoms with Crippen LogP contribution in [0.5, 0.6) is 0 Å². The standard InChI is InChI=1S/C16H12ClF3N2O/c17-13-3-1-2-10-4-9-14(22-15(10)13)21-11-5-7-12(8-6-11)23-16(18,19)20/h1-5,7-9,11H,6H2,(H,21,22). The fourth-order valence-corrected chi connectivity index (χ4v) is 2.52. The van der Waals surface area contributed by atoms with Crippen LogP contribution in [0, 0.1) is 0 Å². The van der Waals surface area contributed by atoms with E-state index in [4.69, 9.17) is 11.6 Å². The number of hydrogen-bond acceptors (Lipinski definition) is 3. The number of allylic oxidation sites excluding steroid dienone is 1. The van der Waals surface area contributed by atoms with Gasteiger partial charge >= 0.3 is 6.36 Å². The number of anilines is 1. The summed E-state index contributed by atoms with van der Waals surface area (Å²) in [7, 11) is 0. The van der Waals surface area contributed by atoms with Crippen LogP contribution in [0.2, 0.25) is 5.02 Å². The normalized spacial score (nSPS) is 17.9. The molecule has 0 aliphatic heterocycles. The SMILES string of the molecule is FC(F)(F)OC1=CCC(Nc2ccc3cccc(Cl)c3n2)C=C1. The lowest BCUT2D eigenvalue weighted by atomic mass is 10.1. The zero-order valence-electron chi connectivity index (χ0n) is 11.8. The molecule has 120 valence electrons. The van der Waals surface area contributed by atoms with E-state index >= 15 is 0 Å². The molecule has 1 atom stereocenters. The van der Waals surface area contributed by atoms with Crippen molar-refractivity contribution in [2.75, 3.05) is 5.32 Å². The Balaban J connectivity index is 1.70. The molecule has 1 aliphatic rings. The molecule has 3 rings (SSSR count). The monoisotopic (exact) mass is 340 g/mol. The molecule has 23 heavy (non-hydrogen) atoms. The minimum absolute atomic E-state index is 0.164. The molecule has 2 aromatic rings. The minimum Gasteiger partial charge on any atom is -0.406 e. The van der Waals surface area contributed by atoms with Crippen molar-refractivity contribution in [2.45, 2.75) is 18.8 Å². The summed E-state index contributed by atoms with van der Waals surface area (Å²) in [6, 6.07) is 9.03. The smallest absolute Gasteiger partial charge is 0.406 e. The second-order valence-corrected chi connectivity index (χ2v) is 5.42. The Labute approximate surface area is 135 Å². The fourth-order valence-electron chi connectivity index (χ4n) is 2.30. The summed E-state index contributed by atoms with van der Waals surface area (Å²) in [5.74, 6) is 0.402. The molecule has 1 unspecified atom stereocenters. The Bertz CT molecular complexity index is 786. The zero-order valence-corrected chi connectivity index (χ0v) is 12.5. The van der Waals surface area contributed by atoms with Crippen LogP contribution in [-0.2, 0) is 4.74 Å². The number of fused-ring (bicyclic) bond motifs is 1. The van der Waals surface area contributed by atoms with Crippen LogP contribution >= 0.6 is 11.6 Å². The predicted octanol–water partition coefficient (Wildman–Crippen LogP) is 5.05. The van der Waals surface area contributed by atoms with Crippen molar-refractivity contribution >= 4 is 28.3 Å². The Hall–Kier alpha value is -2.21. The summed E-state index contributed by atoms with van der Waals surface area (Å²) in [5, 5.41) is 4.61. The third kappa shape index (κ3) is 3.96. The average Bonchev–Trinajstić information content (AvgIpc) is 2.49. The first kappa shape index (κ1) is 15.7. The van der Waals surface area contributed by atoms with Crippen molar-refractivity contribution in [3.05, 3.63) is 59.3 Å². The number of aromatic nitrogens is 1. The Morgan fingerprint density at radius 1 is 1.22 bits per heavy atom. The van der Waals surface area contributed by atoms with Crippen molar-refractivity contribution < 1.29 is 17.9 Å². The van der Waals surface area contributed by atoms with Crippen molar-refractivity contribution in [2.24, 2.45) is 0 Å². The Morgan fingerprint density at radius 3 is 2.74 bits per heavy atom. The molecule has 1 aliphatic carbocycles. The molecule has 1 aromatic heterocycles. The molecule has 0 fully saturated rings. The summed E-state index contributed by atoms with van der Waals surface area (Å²) in [6.07, 6.45) is -0.0152. The van der Waals surface area contributed by atoms with E-state index in [0.29, 0.717) is 22.8 Å². The third-order valence-corrected chi connectivity index (χ3v) is 3.61. The second kappa shape index (κ2) is 6.12. The highest BCUT2D eigenvalue weighted by molar-refractivity contribution is 6.35. The van der Waals surface area contributed by atoms with Crippen LogP contribution < -0.4 is 5.32 Å². The average molecular weight is 341 g/mol. The van der Waals surface area contributed by atoms with Gasteiger partial charge < -0.3 is 10.1 Å². The Kier molecular flexibility index (Phi) is 4.17. The number of alkyl halides is 3. The molecule has 1 N–H and O–H groups in total. The molecule has 3 nitrogen and oxygen atoms in total. The van der Waals surface area contributed by atoms with E-state index in [9.17, 15) is 13.2 Å². The van der Waals surface area contributed by atoms with E-state index in [-0.39, 0.29) is 11.8 Å². The second-order valence-electron chi connectivity index (χ2n) is 5.01. The highest BCUT2D eigenvalue weighted by Crippen LogP contribution is 2.26. The molecule has 1 heterocycles. The van der Waals surface area contributed by atoms with Crippen molar-refractivity contribution in [3.63, 3.8) is 0 Å². The number of pyridine rings is 1. The summed E-state index contributed by atoms with van der Waals surface area (Å²) in [6.45, 7) is 0. The van der Waals surface area contributed by atoms with Gasteiger partial charge in [-0.3, -0.25) is 0 Å². The molecule has 1 aromatic carbocycles. The highest BCUT2D eigenvalue weighted by atomic mass is 35.5. The number of nitrogens with one attached hydrogen (secondary N) is 1. The van der Waals surface area contributed by atoms with E-state index in [1.165, 1.54) is 12.2 Å². The van der Waals surface area contributed by atoms with Crippen molar-refractivity contribution in [1.82, 2.24) is 4.98 Å². The topological polar surface area (TPSA) is 34.1 Å². The predicted molar refractivity (Wildman–Crippen MR) is 83.1 cm³/mol. The number of ether oxygens (including phenoxy) is 1. The largest absolute Gasteiger partial charge is 0.573 e. The molecule has 0 radical (unpaired) electrons. The molecule has 0 saturated carbocycles. The zero-order chi connectivity index (χ0) is 16.4. The van der Waals surface area contributed by atoms with Gasteiger partial charge in [0.05, 0.1) is 10.5 Å². The van der Waals surface area contributed by atoms with Crippen molar-refractivity contribution in [3.8, 4) is 0 Å². The minimum atomic E-state index is -4.67. The van der Waals surface area contributed by atoms with E-state index in [1.807, 2.05) is 18.2 Å². The van der Waals surface area contributed by atoms with Gasteiger partial charge in [-0.05, 0) is 36.8 Å². The maximum absolute atomic E-state index is 12.1. The molecule has 0 spiro atoms. The first-order valence-electron chi connectivity index (χ1n) is 6.87. The van der Waals surface area contributed by atoms with Crippen LogP contribution in [0.3, 0.4) is 0 Å². The van der Waals surface area contributed by atoms with Gasteiger partial charge in [0.15, 0.2) is 0 Å². The van der Waals surface area contributed by atoms with Gasteiger partial charge in [0.2, 0.25) is 0 Å². The number of halogens is 4. The molecular weight excluding hydrogens is 329 g/mol. The quantitative estimate of drug-likeness (QED) is 0.849. The van der Waals surface area contributed by atoms with Crippen molar-refractivity contribution in [1.29, 1.82) is 0 Å². The first-order chi connectivity index (χ1) is 10.9. The molecular formula is C16H12ClF3N2O. The highest BCUT2D eigenvalue weighted by Gasteiger charge is 2.32. The lowest BCUT2D eigenvalue weighted by Crippen LogP contribution is -2.20. The van der Waals surface area contributed by atoms with Gasteiger partial charge in [0.25, 0.3) is 0 Å². The third-order valence-electron chi connectivity index (χ3n) is 3.30. The van der Waals surface area contributed by atoms with E-state index in [2.05, 4.69) is 15.0 Å². The maximum atomic E-state index is 12.1. The van der Waals surface area contributed by atoms with Crippen LogP contribution in [0.1, 0.15) is 6.42 Å². The van der Waals surface area contributed by atoms with E-state index in [1.54, 1.807) is 18.2 Å². The van der Waals surface area contributed by atoms with E-state index < -0.39 is 6.36 Å². The van der Waals surface area contributed by atoms with Crippen LogP contribution in [0.4, 0.5) is 19.0 Å². The number of nitrogens with zero attached hydrogens (tertiary/aromatic N) is 1. The van der Waals surface area contributed by atoms with Gasteiger partial charge in [-0.15, -0.1) is 13.2 Å². The van der Waals surface area contributed by atoms with Crippen LogP contribution in [0.25, 0.3) is 10.9 Å². The number of hydrogen-bond donors (Lipinski definition) is 1. The lowest BCUT2D eigenvalue weighted by molar-refractivity contribution is -0.303. The summed E-state index contributed by atoms with van der Waals surface area (Å²) >= 11 is 6.12. The van der Waals surface area contributed by atoms with E-state index in [0.717, 1.165) is 5.39 Å². The van der Waals surface area contributed by atoms with Gasteiger partial charge in [0.1, 0.15) is 11.6 Å². The van der Waals surface area contributed by atoms with Gasteiger partial charge in [-0.1, -0.05) is 29.8 Å².